The third kappa shape index (κ3) is 5.65. The van der Waals surface area contributed by atoms with Crippen molar-refractivity contribution >= 4 is 28.8 Å². The number of halogens is 4. The number of rotatable bonds is 6. The third-order valence-corrected chi connectivity index (χ3v) is 9.18. The van der Waals surface area contributed by atoms with Crippen LogP contribution in [0, 0.1) is 17.8 Å². The van der Waals surface area contributed by atoms with Crippen LogP contribution in [0.15, 0.2) is 66.0 Å². The van der Waals surface area contributed by atoms with Crippen LogP contribution in [0.4, 0.5) is 13.2 Å². The van der Waals surface area contributed by atoms with Crippen LogP contribution in [-0.4, -0.2) is 11.9 Å². The van der Waals surface area contributed by atoms with Crippen molar-refractivity contribution in [2.45, 2.75) is 56.7 Å². The highest BCUT2D eigenvalue weighted by Gasteiger charge is 2.43. The van der Waals surface area contributed by atoms with Gasteiger partial charge in [-0.05, 0) is 96.7 Å². The topological polar surface area (TPSA) is 29.1 Å². The molecule has 1 aromatic heterocycles. The second-order valence-electron chi connectivity index (χ2n) is 10.2. The minimum atomic E-state index is -4.33. The molecular weight excluding hydrogens is 503 g/mol. The number of alkyl halides is 3. The van der Waals surface area contributed by atoms with Gasteiger partial charge in [-0.2, -0.15) is 13.2 Å². The molecule has 190 valence electrons. The average molecular weight is 532 g/mol. The molecule has 1 saturated carbocycles. The minimum Gasteiger partial charge on any atom is -0.353 e. The van der Waals surface area contributed by atoms with E-state index in [1.807, 2.05) is 12.1 Å². The van der Waals surface area contributed by atoms with Crippen LogP contribution in [0.3, 0.4) is 0 Å². The number of nitrogens with one attached hydrogen (secondary N) is 1. The molecule has 2 fully saturated rings. The highest BCUT2D eigenvalue weighted by Crippen LogP contribution is 2.47. The summed E-state index contributed by atoms with van der Waals surface area (Å²) >= 11 is 7.96. The van der Waals surface area contributed by atoms with Gasteiger partial charge in [0.2, 0.25) is 5.91 Å². The zero-order valence-corrected chi connectivity index (χ0v) is 21.4. The average Bonchev–Trinajstić information content (AvgIpc) is 3.38. The van der Waals surface area contributed by atoms with Crippen molar-refractivity contribution in [2.75, 3.05) is 0 Å². The zero-order chi connectivity index (χ0) is 25.3. The molecule has 1 aliphatic heterocycles. The number of fused-ring (bicyclic) bond motifs is 1. The lowest BCUT2D eigenvalue weighted by Crippen LogP contribution is -2.52. The van der Waals surface area contributed by atoms with Crippen LogP contribution < -0.4 is 5.32 Å². The first kappa shape index (κ1) is 25.3. The number of piperidine rings is 1. The van der Waals surface area contributed by atoms with Crippen LogP contribution >= 0.6 is 22.9 Å². The van der Waals surface area contributed by atoms with Gasteiger partial charge in [-0.25, -0.2) is 0 Å². The van der Waals surface area contributed by atoms with Gasteiger partial charge < -0.3 is 5.32 Å². The molecule has 2 aromatic carbocycles. The van der Waals surface area contributed by atoms with Gasteiger partial charge >= 0.3 is 6.18 Å². The summed E-state index contributed by atoms with van der Waals surface area (Å²) in [6.45, 7) is 0. The van der Waals surface area contributed by atoms with E-state index in [0.29, 0.717) is 24.7 Å². The molecule has 36 heavy (non-hydrogen) atoms. The molecular formula is C29H29ClF3NOS. The van der Waals surface area contributed by atoms with Crippen LogP contribution in [0.2, 0.25) is 5.02 Å². The zero-order valence-electron chi connectivity index (χ0n) is 19.8. The van der Waals surface area contributed by atoms with E-state index in [9.17, 15) is 18.0 Å². The lowest BCUT2D eigenvalue weighted by Gasteiger charge is -2.46. The fourth-order valence-corrected chi connectivity index (χ4v) is 7.31. The SMILES string of the molecule is O=C1CC(CCc2ccc(C(F)(F)F)cc2)C2CC(C(c3ccc(Cl)cc3)c3cccs3)CCC2N1. The number of hydrogen-bond acceptors (Lipinski definition) is 2. The Morgan fingerprint density at radius 1 is 1.03 bits per heavy atom. The Hall–Kier alpha value is -2.31. The number of carbonyl (C=O) groups excluding carboxylic acids is 1. The second kappa shape index (κ2) is 10.6. The van der Waals surface area contributed by atoms with Gasteiger partial charge in [0, 0.05) is 28.3 Å². The molecule has 2 aliphatic rings. The summed E-state index contributed by atoms with van der Waals surface area (Å²) in [5, 5.41) is 6.08. The monoisotopic (exact) mass is 531 g/mol. The maximum absolute atomic E-state index is 12.9. The van der Waals surface area contributed by atoms with E-state index >= 15 is 0 Å². The molecule has 1 N–H and O–H groups in total. The van der Waals surface area contributed by atoms with Crippen molar-refractivity contribution in [1.82, 2.24) is 5.32 Å². The van der Waals surface area contributed by atoms with Crippen molar-refractivity contribution in [1.29, 1.82) is 0 Å². The van der Waals surface area contributed by atoms with E-state index < -0.39 is 11.7 Å². The van der Waals surface area contributed by atoms with Crippen LogP contribution in [0.5, 0.6) is 0 Å². The van der Waals surface area contributed by atoms with Gasteiger partial charge in [0.05, 0.1) is 5.56 Å². The number of carbonyl (C=O) groups is 1. The largest absolute Gasteiger partial charge is 0.416 e. The Labute approximate surface area is 218 Å². The number of aryl methyl sites for hydroxylation is 1. The Kier molecular flexibility index (Phi) is 7.45. The molecule has 7 heteroatoms. The molecule has 2 heterocycles. The molecule has 1 aliphatic carbocycles. The van der Waals surface area contributed by atoms with Crippen molar-refractivity contribution < 1.29 is 18.0 Å². The molecule has 3 aromatic rings. The Bertz CT molecular complexity index is 1160. The summed E-state index contributed by atoms with van der Waals surface area (Å²) in [6.07, 6.45) is 0.652. The van der Waals surface area contributed by atoms with Crippen molar-refractivity contribution in [2.24, 2.45) is 17.8 Å². The first-order valence-electron chi connectivity index (χ1n) is 12.5. The summed E-state index contributed by atoms with van der Waals surface area (Å²) in [7, 11) is 0. The Balaban J connectivity index is 1.33. The van der Waals surface area contributed by atoms with Crippen molar-refractivity contribution in [3.05, 3.63) is 92.6 Å². The number of hydrogen-bond donors (Lipinski definition) is 1. The molecule has 2 nitrogen and oxygen atoms in total. The van der Waals surface area contributed by atoms with Crippen molar-refractivity contribution in [3.63, 3.8) is 0 Å². The highest BCUT2D eigenvalue weighted by atomic mass is 35.5. The summed E-state index contributed by atoms with van der Waals surface area (Å²) in [6, 6.07) is 18.1. The van der Waals surface area contributed by atoms with Gasteiger partial charge in [0.25, 0.3) is 0 Å². The molecule has 0 spiro atoms. The van der Waals surface area contributed by atoms with Gasteiger partial charge in [-0.15, -0.1) is 11.3 Å². The Morgan fingerprint density at radius 3 is 2.44 bits per heavy atom. The van der Waals surface area contributed by atoms with Gasteiger partial charge in [0.15, 0.2) is 0 Å². The van der Waals surface area contributed by atoms with E-state index in [1.165, 1.54) is 10.4 Å². The molecule has 1 amide bonds. The smallest absolute Gasteiger partial charge is 0.353 e. The summed E-state index contributed by atoms with van der Waals surface area (Å²) < 4.78 is 38.8. The molecule has 1 saturated heterocycles. The molecule has 5 unspecified atom stereocenters. The standard InChI is InChI=1S/C29H29ClF3NOS/c30-23-12-7-19(8-13-23)28(26-2-1-15-36-26)21-9-14-25-24(16-21)20(17-27(35)34-25)6-3-18-4-10-22(11-5-18)29(31,32)33/h1-2,4-5,7-8,10-13,15,20-21,24-25,28H,3,6,9,14,16-17H2,(H,34,35). The van der Waals surface area contributed by atoms with E-state index in [0.717, 1.165) is 48.4 Å². The number of amides is 1. The molecule has 5 rings (SSSR count). The minimum absolute atomic E-state index is 0.0969. The summed E-state index contributed by atoms with van der Waals surface area (Å²) in [4.78, 5) is 13.9. The lowest BCUT2D eigenvalue weighted by molar-refractivity contribution is -0.137. The quantitative estimate of drug-likeness (QED) is 0.342. The maximum Gasteiger partial charge on any atom is 0.416 e. The van der Waals surface area contributed by atoms with Gasteiger partial charge in [0.1, 0.15) is 0 Å². The van der Waals surface area contributed by atoms with Crippen LogP contribution in [-0.2, 0) is 17.4 Å². The van der Waals surface area contributed by atoms with E-state index in [4.69, 9.17) is 11.6 Å². The van der Waals surface area contributed by atoms with Crippen molar-refractivity contribution in [3.8, 4) is 0 Å². The highest BCUT2D eigenvalue weighted by molar-refractivity contribution is 7.10. The third-order valence-electron chi connectivity index (χ3n) is 7.97. The van der Waals surface area contributed by atoms with Crippen LogP contribution in [0.1, 0.15) is 59.6 Å². The molecule has 0 radical (unpaired) electrons. The first-order chi connectivity index (χ1) is 17.3. The lowest BCUT2D eigenvalue weighted by atomic mass is 9.64. The maximum atomic E-state index is 12.9. The summed E-state index contributed by atoms with van der Waals surface area (Å²) in [5.74, 6) is 1.43. The number of benzene rings is 2. The van der Waals surface area contributed by atoms with E-state index in [2.05, 4.69) is 35.0 Å². The normalized spacial score (nSPS) is 25.2. The molecule has 5 atom stereocenters. The van der Waals surface area contributed by atoms with Gasteiger partial charge in [-0.3, -0.25) is 4.79 Å². The fourth-order valence-electron chi connectivity index (χ4n) is 6.23. The molecule has 0 bridgehead atoms. The predicted molar refractivity (Wildman–Crippen MR) is 138 cm³/mol. The Morgan fingerprint density at radius 2 is 1.78 bits per heavy atom. The number of thiophene rings is 1. The first-order valence-corrected chi connectivity index (χ1v) is 13.8. The van der Waals surface area contributed by atoms with E-state index in [1.54, 1.807) is 23.5 Å². The predicted octanol–water partition coefficient (Wildman–Crippen LogP) is 8.11. The second-order valence-corrected chi connectivity index (χ2v) is 11.6. The van der Waals surface area contributed by atoms with Gasteiger partial charge in [-0.1, -0.05) is 41.9 Å². The van der Waals surface area contributed by atoms with E-state index in [-0.39, 0.29) is 23.8 Å². The fraction of sp³-hybridized carbons (Fsp3) is 0.414. The summed E-state index contributed by atoms with van der Waals surface area (Å²) in [5.41, 5.74) is 1.53. The van der Waals surface area contributed by atoms with Crippen LogP contribution in [0.25, 0.3) is 0 Å².